The van der Waals surface area contributed by atoms with Crippen LogP contribution in [0.4, 0.5) is 0 Å². The summed E-state index contributed by atoms with van der Waals surface area (Å²) in [5.41, 5.74) is 3.25. The lowest BCUT2D eigenvalue weighted by Crippen LogP contribution is -2.62. The fourth-order valence-corrected chi connectivity index (χ4v) is 4.97. The number of aryl methyl sites for hydroxylation is 1. The summed E-state index contributed by atoms with van der Waals surface area (Å²) in [6.07, 6.45) is 2.00. The Hall–Kier alpha value is -3.72. The Kier molecular flexibility index (Phi) is 8.55. The SMILES string of the molecule is CCOC(=O)[C@@H](CCc1ccc(-c2ccccc2)cc1)N[C@H]1CCC(=O)N2CCC[C@@H](C(=O)O)N2C1=O. The van der Waals surface area contributed by atoms with E-state index in [1.54, 1.807) is 6.92 Å². The quantitative estimate of drug-likeness (QED) is 0.502. The Morgan fingerprint density at radius 3 is 2.43 bits per heavy atom. The van der Waals surface area contributed by atoms with Gasteiger partial charge in [-0.2, -0.15) is 0 Å². The molecule has 2 aromatic carbocycles. The van der Waals surface area contributed by atoms with Gasteiger partial charge in [-0.3, -0.25) is 24.7 Å². The van der Waals surface area contributed by atoms with Crippen molar-refractivity contribution in [1.29, 1.82) is 0 Å². The summed E-state index contributed by atoms with van der Waals surface area (Å²) in [6.45, 7) is 2.22. The molecular formula is C28H33N3O6. The highest BCUT2D eigenvalue weighted by atomic mass is 16.5. The average Bonchev–Trinajstić information content (AvgIpc) is 3.03. The van der Waals surface area contributed by atoms with Crippen molar-refractivity contribution in [3.63, 3.8) is 0 Å². The van der Waals surface area contributed by atoms with Crippen molar-refractivity contribution in [1.82, 2.24) is 15.3 Å². The van der Waals surface area contributed by atoms with Gasteiger partial charge in [0.05, 0.1) is 12.6 Å². The van der Waals surface area contributed by atoms with Gasteiger partial charge in [-0.05, 0) is 55.7 Å². The predicted octanol–water partition coefficient (Wildman–Crippen LogP) is 2.79. The van der Waals surface area contributed by atoms with Gasteiger partial charge in [0.15, 0.2) is 6.04 Å². The summed E-state index contributed by atoms with van der Waals surface area (Å²) in [5, 5.41) is 15.1. The monoisotopic (exact) mass is 507 g/mol. The number of hydrazine groups is 1. The molecule has 0 unspecified atom stereocenters. The van der Waals surface area contributed by atoms with Gasteiger partial charge >= 0.3 is 11.9 Å². The van der Waals surface area contributed by atoms with Gasteiger partial charge in [0.1, 0.15) is 6.04 Å². The molecule has 37 heavy (non-hydrogen) atoms. The standard InChI is InChI=1S/C28H33N3O6/c1-2-37-28(36)23(15-12-19-10-13-21(14-11-19)20-7-4-3-5-8-20)29-22-16-17-25(32)30-18-6-9-24(27(34)35)31(30)26(22)33/h3-5,7-8,10-11,13-14,22-24,29H,2,6,9,12,15-18H2,1H3,(H,34,35)/t22-,23+,24-/m0/s1. The minimum atomic E-state index is -1.15. The second kappa shape index (κ2) is 12.0. The minimum absolute atomic E-state index is 0.0861. The van der Waals surface area contributed by atoms with Gasteiger partial charge in [-0.15, -0.1) is 0 Å². The van der Waals surface area contributed by atoms with E-state index in [0.717, 1.165) is 21.7 Å². The molecule has 2 fully saturated rings. The number of fused-ring (bicyclic) bond motifs is 1. The van der Waals surface area contributed by atoms with Crippen LogP contribution >= 0.6 is 0 Å². The maximum atomic E-state index is 13.5. The Labute approximate surface area is 216 Å². The molecule has 2 aromatic rings. The van der Waals surface area contributed by atoms with Crippen LogP contribution < -0.4 is 5.32 Å². The van der Waals surface area contributed by atoms with E-state index in [0.29, 0.717) is 25.8 Å². The second-order valence-electron chi connectivity index (χ2n) is 9.36. The summed E-state index contributed by atoms with van der Waals surface area (Å²) >= 11 is 0. The number of rotatable bonds is 9. The van der Waals surface area contributed by atoms with Gasteiger partial charge in [-0.25, -0.2) is 9.80 Å². The molecule has 2 N–H and O–H groups in total. The van der Waals surface area contributed by atoms with Crippen molar-refractivity contribution < 1.29 is 29.0 Å². The smallest absolute Gasteiger partial charge is 0.328 e. The van der Waals surface area contributed by atoms with E-state index < -0.39 is 36.0 Å². The number of amides is 2. The van der Waals surface area contributed by atoms with Gasteiger partial charge < -0.3 is 9.84 Å². The molecule has 196 valence electrons. The number of nitrogens with zero attached hydrogens (tertiary/aromatic N) is 2. The van der Waals surface area contributed by atoms with Crippen molar-refractivity contribution in [2.24, 2.45) is 0 Å². The van der Waals surface area contributed by atoms with E-state index in [1.807, 2.05) is 54.6 Å². The van der Waals surface area contributed by atoms with Crippen LogP contribution in [0.1, 0.15) is 44.6 Å². The number of hydrogen-bond acceptors (Lipinski definition) is 6. The van der Waals surface area contributed by atoms with E-state index >= 15 is 0 Å². The van der Waals surface area contributed by atoms with E-state index in [4.69, 9.17) is 4.74 Å². The van der Waals surface area contributed by atoms with Crippen molar-refractivity contribution in [2.75, 3.05) is 13.2 Å². The largest absolute Gasteiger partial charge is 0.480 e. The first-order valence-corrected chi connectivity index (χ1v) is 12.8. The fraction of sp³-hybridized carbons (Fsp3) is 0.429. The molecule has 4 rings (SSSR count). The normalized spacial score (nSPS) is 20.7. The third-order valence-corrected chi connectivity index (χ3v) is 6.90. The number of carbonyl (C=O) groups excluding carboxylic acids is 3. The zero-order chi connectivity index (χ0) is 26.4. The lowest BCUT2D eigenvalue weighted by molar-refractivity contribution is -0.181. The maximum Gasteiger partial charge on any atom is 0.328 e. The molecule has 0 aliphatic carbocycles. The minimum Gasteiger partial charge on any atom is -0.480 e. The van der Waals surface area contributed by atoms with E-state index in [2.05, 4.69) is 5.32 Å². The number of hydrogen-bond donors (Lipinski definition) is 2. The van der Waals surface area contributed by atoms with Crippen LogP contribution in [0.25, 0.3) is 11.1 Å². The molecule has 9 heteroatoms. The first-order valence-electron chi connectivity index (χ1n) is 12.8. The molecule has 9 nitrogen and oxygen atoms in total. The molecule has 3 atom stereocenters. The number of nitrogens with one attached hydrogen (secondary N) is 1. The van der Waals surface area contributed by atoms with Crippen LogP contribution in [0.2, 0.25) is 0 Å². The zero-order valence-electron chi connectivity index (χ0n) is 21.0. The van der Waals surface area contributed by atoms with Crippen LogP contribution in [-0.4, -0.2) is 70.2 Å². The predicted molar refractivity (Wildman–Crippen MR) is 136 cm³/mol. The van der Waals surface area contributed by atoms with Crippen molar-refractivity contribution >= 4 is 23.8 Å². The Bertz CT molecular complexity index is 1120. The molecule has 2 heterocycles. The zero-order valence-corrected chi connectivity index (χ0v) is 21.0. The summed E-state index contributed by atoms with van der Waals surface area (Å²) < 4.78 is 5.27. The Morgan fingerprint density at radius 1 is 1.05 bits per heavy atom. The molecule has 2 aliphatic rings. The molecule has 2 saturated heterocycles. The van der Waals surface area contributed by atoms with Gasteiger partial charge in [0.25, 0.3) is 5.91 Å². The third-order valence-electron chi connectivity index (χ3n) is 6.90. The van der Waals surface area contributed by atoms with Crippen LogP contribution in [-0.2, 0) is 30.3 Å². The number of aliphatic carboxylic acids is 1. The molecule has 0 saturated carbocycles. The lowest BCUT2D eigenvalue weighted by Gasteiger charge is -2.42. The van der Waals surface area contributed by atoms with Crippen molar-refractivity contribution in [3.05, 3.63) is 60.2 Å². The summed E-state index contributed by atoms with van der Waals surface area (Å²) in [5.74, 6) is -2.40. The highest BCUT2D eigenvalue weighted by molar-refractivity contribution is 5.92. The van der Waals surface area contributed by atoms with Crippen LogP contribution in [0.3, 0.4) is 0 Å². The van der Waals surface area contributed by atoms with E-state index in [9.17, 15) is 24.3 Å². The number of carboxylic acid groups (broad SMARTS) is 1. The number of ether oxygens (including phenoxy) is 1. The molecule has 0 aromatic heterocycles. The number of carbonyl (C=O) groups is 4. The summed E-state index contributed by atoms with van der Waals surface area (Å²) in [6, 6.07) is 15.4. The van der Waals surface area contributed by atoms with Crippen molar-refractivity contribution in [3.8, 4) is 11.1 Å². The molecule has 2 aliphatic heterocycles. The van der Waals surface area contributed by atoms with Gasteiger partial charge in [-0.1, -0.05) is 54.6 Å². The first-order chi connectivity index (χ1) is 17.9. The molecule has 0 radical (unpaired) electrons. The molecule has 0 spiro atoms. The fourth-order valence-electron chi connectivity index (χ4n) is 4.97. The van der Waals surface area contributed by atoms with E-state index in [-0.39, 0.29) is 31.8 Å². The molecule has 0 bridgehead atoms. The molecular weight excluding hydrogens is 474 g/mol. The lowest BCUT2D eigenvalue weighted by atomic mass is 9.99. The average molecular weight is 508 g/mol. The van der Waals surface area contributed by atoms with Gasteiger partial charge in [0, 0.05) is 13.0 Å². The third kappa shape index (κ3) is 6.17. The Balaban J connectivity index is 1.48. The first kappa shape index (κ1) is 26.3. The summed E-state index contributed by atoms with van der Waals surface area (Å²) in [7, 11) is 0. The summed E-state index contributed by atoms with van der Waals surface area (Å²) in [4.78, 5) is 50.8. The number of esters is 1. The molecule has 2 amide bonds. The topological polar surface area (TPSA) is 116 Å². The highest BCUT2D eigenvalue weighted by Gasteiger charge is 2.45. The maximum absolute atomic E-state index is 13.5. The Morgan fingerprint density at radius 2 is 1.76 bits per heavy atom. The number of benzene rings is 2. The second-order valence-corrected chi connectivity index (χ2v) is 9.36. The van der Waals surface area contributed by atoms with Crippen LogP contribution in [0, 0.1) is 0 Å². The van der Waals surface area contributed by atoms with E-state index in [1.165, 1.54) is 5.01 Å². The van der Waals surface area contributed by atoms with Gasteiger partial charge in [0.2, 0.25) is 5.91 Å². The highest BCUT2D eigenvalue weighted by Crippen LogP contribution is 2.26. The number of carboxylic acids is 1. The van der Waals surface area contributed by atoms with Crippen molar-refractivity contribution in [2.45, 2.75) is 63.6 Å². The van der Waals surface area contributed by atoms with Crippen LogP contribution in [0.15, 0.2) is 54.6 Å². The van der Waals surface area contributed by atoms with Crippen LogP contribution in [0.5, 0.6) is 0 Å².